The maximum atomic E-state index is 11.9. The molecule has 1 aromatic heterocycles. The van der Waals surface area contributed by atoms with Crippen LogP contribution in [0, 0.1) is 0 Å². The Morgan fingerprint density at radius 2 is 2.10 bits per heavy atom. The van der Waals surface area contributed by atoms with Crippen molar-refractivity contribution in [3.05, 3.63) is 36.2 Å². The van der Waals surface area contributed by atoms with Gasteiger partial charge in [-0.2, -0.15) is 0 Å². The summed E-state index contributed by atoms with van der Waals surface area (Å²) in [5.41, 5.74) is 1.10. The van der Waals surface area contributed by atoms with Gasteiger partial charge in [-0.25, -0.2) is 9.48 Å². The second kappa shape index (κ2) is 6.57. The van der Waals surface area contributed by atoms with Gasteiger partial charge in [0.1, 0.15) is 6.33 Å². The van der Waals surface area contributed by atoms with Crippen LogP contribution in [0.4, 0.5) is 0 Å². The van der Waals surface area contributed by atoms with Crippen LogP contribution < -0.4 is 5.32 Å². The van der Waals surface area contributed by atoms with Crippen LogP contribution >= 0.6 is 0 Å². The molecule has 0 saturated heterocycles. The third-order valence-electron chi connectivity index (χ3n) is 2.75. The van der Waals surface area contributed by atoms with Gasteiger partial charge in [0.05, 0.1) is 12.2 Å². The summed E-state index contributed by atoms with van der Waals surface area (Å²) in [5, 5.41) is 22.0. The first kappa shape index (κ1) is 14.6. The Labute approximate surface area is 119 Å². The van der Waals surface area contributed by atoms with Gasteiger partial charge in [-0.1, -0.05) is 0 Å². The van der Waals surface area contributed by atoms with Gasteiger partial charge in [-0.15, -0.1) is 5.10 Å². The highest BCUT2D eigenvalue weighted by molar-refractivity contribution is 5.94. The fourth-order valence-electron chi connectivity index (χ4n) is 1.60. The molecule has 0 saturated carbocycles. The molecule has 1 aromatic carbocycles. The number of tetrazole rings is 1. The lowest BCUT2D eigenvalue weighted by Gasteiger charge is -2.11. The van der Waals surface area contributed by atoms with E-state index < -0.39 is 12.1 Å². The standard InChI is InChI=1S/C12H13N5O4/c1-21-10(12(19)20)6-13-11(18)8-2-4-9(5-3-8)17-7-14-15-16-17/h2-5,7,10H,6H2,1H3,(H,13,18)(H,19,20). The van der Waals surface area contributed by atoms with Gasteiger partial charge in [-0.05, 0) is 34.7 Å². The van der Waals surface area contributed by atoms with Crippen molar-refractivity contribution >= 4 is 11.9 Å². The van der Waals surface area contributed by atoms with Crippen molar-refractivity contribution < 1.29 is 19.4 Å². The van der Waals surface area contributed by atoms with Gasteiger partial charge < -0.3 is 15.2 Å². The third kappa shape index (κ3) is 3.60. The van der Waals surface area contributed by atoms with E-state index in [0.717, 1.165) is 0 Å². The summed E-state index contributed by atoms with van der Waals surface area (Å²) in [6.07, 6.45) is 0.361. The lowest BCUT2D eigenvalue weighted by molar-refractivity contribution is -0.148. The Hall–Kier alpha value is -2.81. The number of hydrogen-bond donors (Lipinski definition) is 2. The number of rotatable bonds is 6. The zero-order valence-electron chi connectivity index (χ0n) is 11.1. The van der Waals surface area contributed by atoms with E-state index in [1.54, 1.807) is 24.3 Å². The fourth-order valence-corrected chi connectivity index (χ4v) is 1.60. The number of carboxylic acid groups (broad SMARTS) is 1. The predicted molar refractivity (Wildman–Crippen MR) is 69.9 cm³/mol. The molecule has 0 fully saturated rings. The first-order valence-electron chi connectivity index (χ1n) is 5.99. The number of methoxy groups -OCH3 is 1. The highest BCUT2D eigenvalue weighted by Gasteiger charge is 2.17. The molecule has 9 heteroatoms. The summed E-state index contributed by atoms with van der Waals surface area (Å²) in [5.74, 6) is -1.52. The van der Waals surface area contributed by atoms with Crippen molar-refractivity contribution in [3.8, 4) is 5.69 Å². The average molecular weight is 291 g/mol. The van der Waals surface area contributed by atoms with Gasteiger partial charge in [0.25, 0.3) is 5.91 Å². The monoisotopic (exact) mass is 291 g/mol. The molecule has 2 rings (SSSR count). The Balaban J connectivity index is 1.98. The van der Waals surface area contributed by atoms with Crippen LogP contribution in [0.5, 0.6) is 0 Å². The van der Waals surface area contributed by atoms with Crippen LogP contribution in [-0.4, -0.2) is 56.9 Å². The maximum Gasteiger partial charge on any atom is 0.334 e. The van der Waals surface area contributed by atoms with E-state index >= 15 is 0 Å². The van der Waals surface area contributed by atoms with E-state index in [0.29, 0.717) is 11.3 Å². The van der Waals surface area contributed by atoms with Crippen LogP contribution in [0.1, 0.15) is 10.4 Å². The Bertz CT molecular complexity index is 611. The van der Waals surface area contributed by atoms with E-state index in [9.17, 15) is 9.59 Å². The lowest BCUT2D eigenvalue weighted by Crippen LogP contribution is -2.37. The van der Waals surface area contributed by atoms with Crippen molar-refractivity contribution in [2.45, 2.75) is 6.10 Å². The summed E-state index contributed by atoms with van der Waals surface area (Å²) < 4.78 is 6.18. The van der Waals surface area contributed by atoms with E-state index in [4.69, 9.17) is 9.84 Å². The minimum Gasteiger partial charge on any atom is -0.479 e. The van der Waals surface area contributed by atoms with E-state index in [2.05, 4.69) is 20.8 Å². The molecular formula is C12H13N5O4. The van der Waals surface area contributed by atoms with Crippen molar-refractivity contribution in [3.63, 3.8) is 0 Å². The maximum absolute atomic E-state index is 11.9. The van der Waals surface area contributed by atoms with Gasteiger partial charge in [0.15, 0.2) is 6.10 Å². The van der Waals surface area contributed by atoms with Crippen LogP contribution in [0.2, 0.25) is 0 Å². The fraction of sp³-hybridized carbons (Fsp3) is 0.250. The molecule has 1 heterocycles. The summed E-state index contributed by atoms with van der Waals surface area (Å²) in [7, 11) is 1.27. The molecular weight excluding hydrogens is 278 g/mol. The highest BCUT2D eigenvalue weighted by Crippen LogP contribution is 2.07. The SMILES string of the molecule is COC(CNC(=O)c1ccc(-n2cnnn2)cc1)C(=O)O. The minimum atomic E-state index is -1.13. The molecule has 21 heavy (non-hydrogen) atoms. The molecule has 0 aliphatic heterocycles. The van der Waals surface area contributed by atoms with Crippen LogP contribution in [0.3, 0.4) is 0 Å². The van der Waals surface area contributed by atoms with Gasteiger partial charge in [-0.3, -0.25) is 4.79 Å². The van der Waals surface area contributed by atoms with Crippen LogP contribution in [-0.2, 0) is 9.53 Å². The van der Waals surface area contributed by atoms with Crippen molar-refractivity contribution in [1.82, 2.24) is 25.5 Å². The number of nitrogens with one attached hydrogen (secondary N) is 1. The number of carboxylic acids is 1. The van der Waals surface area contributed by atoms with Crippen molar-refractivity contribution in [2.24, 2.45) is 0 Å². The van der Waals surface area contributed by atoms with E-state index in [1.165, 1.54) is 18.1 Å². The van der Waals surface area contributed by atoms with E-state index in [-0.39, 0.29) is 12.5 Å². The highest BCUT2D eigenvalue weighted by atomic mass is 16.5. The number of carbonyl (C=O) groups is 2. The first-order valence-corrected chi connectivity index (χ1v) is 5.99. The molecule has 1 amide bonds. The normalized spacial score (nSPS) is 11.9. The second-order valence-corrected chi connectivity index (χ2v) is 4.07. The molecule has 0 aliphatic rings. The second-order valence-electron chi connectivity index (χ2n) is 4.07. The Morgan fingerprint density at radius 3 is 2.62 bits per heavy atom. The molecule has 1 unspecified atom stereocenters. The topological polar surface area (TPSA) is 119 Å². The number of hydrogen-bond acceptors (Lipinski definition) is 6. The zero-order chi connectivity index (χ0) is 15.2. The van der Waals surface area contributed by atoms with Crippen LogP contribution in [0.15, 0.2) is 30.6 Å². The number of ether oxygens (including phenoxy) is 1. The number of carbonyl (C=O) groups excluding carboxylic acids is 1. The summed E-state index contributed by atoms with van der Waals surface area (Å²) >= 11 is 0. The summed E-state index contributed by atoms with van der Waals surface area (Å²) in [6.45, 7) is -0.112. The largest absolute Gasteiger partial charge is 0.479 e. The molecule has 1 atom stereocenters. The molecule has 2 N–H and O–H groups in total. The number of benzene rings is 1. The molecule has 9 nitrogen and oxygen atoms in total. The molecule has 0 aliphatic carbocycles. The number of nitrogens with zero attached hydrogens (tertiary/aromatic N) is 4. The Morgan fingerprint density at radius 1 is 1.38 bits per heavy atom. The summed E-state index contributed by atoms with van der Waals surface area (Å²) in [6, 6.07) is 6.54. The average Bonchev–Trinajstić information content (AvgIpc) is 3.01. The zero-order valence-corrected chi connectivity index (χ0v) is 11.1. The quantitative estimate of drug-likeness (QED) is 0.735. The number of aromatic nitrogens is 4. The smallest absolute Gasteiger partial charge is 0.334 e. The van der Waals surface area contributed by atoms with Crippen molar-refractivity contribution in [2.75, 3.05) is 13.7 Å². The lowest BCUT2D eigenvalue weighted by atomic mass is 10.2. The Kier molecular flexibility index (Phi) is 4.57. The molecule has 110 valence electrons. The van der Waals surface area contributed by atoms with Crippen LogP contribution in [0.25, 0.3) is 5.69 Å². The first-order chi connectivity index (χ1) is 10.1. The molecule has 0 radical (unpaired) electrons. The number of aliphatic carboxylic acids is 1. The van der Waals surface area contributed by atoms with Gasteiger partial charge in [0.2, 0.25) is 0 Å². The molecule has 0 bridgehead atoms. The molecule has 0 spiro atoms. The minimum absolute atomic E-state index is 0.112. The van der Waals surface area contributed by atoms with Gasteiger partial charge in [0, 0.05) is 12.7 Å². The molecule has 2 aromatic rings. The third-order valence-corrected chi connectivity index (χ3v) is 2.75. The van der Waals surface area contributed by atoms with E-state index in [1.807, 2.05) is 0 Å². The summed E-state index contributed by atoms with van der Waals surface area (Å²) in [4.78, 5) is 22.6. The van der Waals surface area contributed by atoms with Crippen molar-refractivity contribution in [1.29, 1.82) is 0 Å². The van der Waals surface area contributed by atoms with Gasteiger partial charge >= 0.3 is 5.97 Å². The predicted octanol–water partition coefficient (Wildman–Crippen LogP) is -0.508. The number of amides is 1.